The molecule has 1 unspecified atom stereocenters. The van der Waals surface area contributed by atoms with Crippen molar-refractivity contribution in [2.24, 2.45) is 5.92 Å². The van der Waals surface area contributed by atoms with Gasteiger partial charge in [0.25, 0.3) is 11.1 Å². The molecule has 6 nitrogen and oxygen atoms in total. The lowest BCUT2D eigenvalue weighted by Gasteiger charge is -2.33. The molecule has 1 aliphatic rings. The van der Waals surface area contributed by atoms with E-state index in [1.54, 1.807) is 6.20 Å². The number of rotatable bonds is 6. The lowest BCUT2D eigenvalue weighted by molar-refractivity contribution is -0.131. The van der Waals surface area contributed by atoms with E-state index in [0.717, 1.165) is 38.0 Å². The number of hydrogen-bond donors (Lipinski definition) is 1. The SMILES string of the molecule is CC(Sc1nnc(-c2ccc[nH]2)o1)C(=O)N1CCC(Cc2ccccc2)CC1. The van der Waals surface area contributed by atoms with E-state index in [2.05, 4.69) is 39.4 Å². The zero-order valence-corrected chi connectivity index (χ0v) is 16.7. The van der Waals surface area contributed by atoms with Gasteiger partial charge in [0.15, 0.2) is 0 Å². The Morgan fingerprint density at radius 2 is 2.00 bits per heavy atom. The quantitative estimate of drug-likeness (QED) is 0.637. The molecule has 0 aliphatic carbocycles. The van der Waals surface area contributed by atoms with Crippen LogP contribution in [0.1, 0.15) is 25.3 Å². The highest BCUT2D eigenvalue weighted by Crippen LogP contribution is 2.28. The maximum Gasteiger partial charge on any atom is 0.277 e. The van der Waals surface area contributed by atoms with Gasteiger partial charge in [0.1, 0.15) is 5.69 Å². The summed E-state index contributed by atoms with van der Waals surface area (Å²) in [5, 5.41) is 8.27. The molecule has 0 saturated carbocycles. The summed E-state index contributed by atoms with van der Waals surface area (Å²) in [4.78, 5) is 17.8. The van der Waals surface area contributed by atoms with Crippen molar-refractivity contribution in [1.29, 1.82) is 0 Å². The zero-order valence-electron chi connectivity index (χ0n) is 15.9. The summed E-state index contributed by atoms with van der Waals surface area (Å²) in [5.74, 6) is 1.23. The van der Waals surface area contributed by atoms with Gasteiger partial charge in [-0.1, -0.05) is 42.1 Å². The fourth-order valence-corrected chi connectivity index (χ4v) is 4.36. The first-order valence-corrected chi connectivity index (χ1v) is 10.5. The Bertz CT molecular complexity index is 886. The number of thioether (sulfide) groups is 1. The minimum atomic E-state index is -0.248. The summed E-state index contributed by atoms with van der Waals surface area (Å²) in [6, 6.07) is 14.3. The Morgan fingerprint density at radius 1 is 1.21 bits per heavy atom. The van der Waals surface area contributed by atoms with E-state index in [1.807, 2.05) is 30.0 Å². The monoisotopic (exact) mass is 396 g/mol. The van der Waals surface area contributed by atoms with Gasteiger partial charge in [-0.25, -0.2) is 0 Å². The minimum Gasteiger partial charge on any atom is -0.410 e. The molecule has 1 fully saturated rings. The summed E-state index contributed by atoms with van der Waals surface area (Å²) in [6.07, 6.45) is 5.00. The van der Waals surface area contributed by atoms with Crippen LogP contribution in [0, 0.1) is 5.92 Å². The van der Waals surface area contributed by atoms with Gasteiger partial charge >= 0.3 is 0 Å². The van der Waals surface area contributed by atoms with Crippen LogP contribution in [0.25, 0.3) is 11.6 Å². The lowest BCUT2D eigenvalue weighted by atomic mass is 9.90. The average molecular weight is 397 g/mol. The van der Waals surface area contributed by atoms with Crippen molar-refractivity contribution in [3.63, 3.8) is 0 Å². The summed E-state index contributed by atoms with van der Waals surface area (Å²) in [7, 11) is 0. The molecule has 0 spiro atoms. The number of aromatic nitrogens is 3. The van der Waals surface area contributed by atoms with E-state index < -0.39 is 0 Å². The highest BCUT2D eigenvalue weighted by atomic mass is 32.2. The lowest BCUT2D eigenvalue weighted by Crippen LogP contribution is -2.42. The Morgan fingerprint density at radius 3 is 2.71 bits per heavy atom. The van der Waals surface area contributed by atoms with E-state index in [-0.39, 0.29) is 11.2 Å². The molecule has 1 aliphatic heterocycles. The van der Waals surface area contributed by atoms with Crippen molar-refractivity contribution in [3.8, 4) is 11.6 Å². The normalized spacial score (nSPS) is 16.2. The largest absolute Gasteiger partial charge is 0.410 e. The predicted molar refractivity (Wildman–Crippen MR) is 109 cm³/mol. The number of nitrogens with zero attached hydrogens (tertiary/aromatic N) is 3. The Labute approximate surface area is 168 Å². The topological polar surface area (TPSA) is 75.0 Å². The molecule has 0 bridgehead atoms. The van der Waals surface area contributed by atoms with Crippen LogP contribution in [0.15, 0.2) is 58.3 Å². The number of carbonyl (C=O) groups is 1. The number of carbonyl (C=O) groups excluding carboxylic acids is 1. The van der Waals surface area contributed by atoms with Crippen molar-refractivity contribution >= 4 is 17.7 Å². The first-order valence-electron chi connectivity index (χ1n) is 9.65. The van der Waals surface area contributed by atoms with Crippen LogP contribution in [0.5, 0.6) is 0 Å². The second-order valence-corrected chi connectivity index (χ2v) is 8.47. The van der Waals surface area contributed by atoms with E-state index >= 15 is 0 Å². The fourth-order valence-electron chi connectivity index (χ4n) is 3.59. The van der Waals surface area contributed by atoms with Crippen molar-refractivity contribution in [3.05, 3.63) is 54.2 Å². The number of hydrogen-bond acceptors (Lipinski definition) is 5. The molecule has 4 rings (SSSR count). The number of amides is 1. The maximum atomic E-state index is 12.8. The second-order valence-electron chi connectivity index (χ2n) is 7.18. The Balaban J connectivity index is 1.28. The average Bonchev–Trinajstić information content (AvgIpc) is 3.40. The van der Waals surface area contributed by atoms with Gasteiger partial charge < -0.3 is 14.3 Å². The molecular weight excluding hydrogens is 372 g/mol. The summed E-state index contributed by atoms with van der Waals surface area (Å²) in [6.45, 7) is 3.54. The van der Waals surface area contributed by atoms with Crippen molar-refractivity contribution in [1.82, 2.24) is 20.1 Å². The molecule has 3 heterocycles. The van der Waals surface area contributed by atoms with Crippen molar-refractivity contribution < 1.29 is 9.21 Å². The molecule has 1 saturated heterocycles. The van der Waals surface area contributed by atoms with Crippen LogP contribution in [-0.4, -0.2) is 44.3 Å². The number of H-pyrrole nitrogens is 1. The van der Waals surface area contributed by atoms with Crippen molar-refractivity contribution in [2.45, 2.75) is 36.7 Å². The number of likely N-dealkylation sites (tertiary alicyclic amines) is 1. The molecule has 1 N–H and O–H groups in total. The molecule has 3 aromatic rings. The Kier molecular flexibility index (Phi) is 5.81. The Hall–Kier alpha value is -2.54. The summed E-state index contributed by atoms with van der Waals surface area (Å²) in [5.41, 5.74) is 2.16. The molecule has 2 aromatic heterocycles. The van der Waals surface area contributed by atoms with E-state index in [4.69, 9.17) is 4.42 Å². The van der Waals surface area contributed by atoms with Crippen LogP contribution < -0.4 is 0 Å². The van der Waals surface area contributed by atoms with Gasteiger partial charge in [-0.3, -0.25) is 4.79 Å². The number of benzene rings is 1. The van der Waals surface area contributed by atoms with Crippen LogP contribution in [0.4, 0.5) is 0 Å². The molecular formula is C21H24N4O2S. The number of nitrogens with one attached hydrogen (secondary N) is 1. The van der Waals surface area contributed by atoms with Crippen molar-refractivity contribution in [2.75, 3.05) is 13.1 Å². The number of piperidine rings is 1. The zero-order chi connectivity index (χ0) is 19.3. The second kappa shape index (κ2) is 8.65. The summed E-state index contributed by atoms with van der Waals surface area (Å²) >= 11 is 1.32. The molecule has 1 aromatic carbocycles. The highest BCUT2D eigenvalue weighted by molar-refractivity contribution is 8.00. The molecule has 146 valence electrons. The maximum absolute atomic E-state index is 12.8. The smallest absolute Gasteiger partial charge is 0.277 e. The predicted octanol–water partition coefficient (Wildman–Crippen LogP) is 4.03. The highest BCUT2D eigenvalue weighted by Gasteiger charge is 2.28. The standard InChI is InChI=1S/C21H24N4O2S/c1-15(28-21-24-23-19(27-21)18-8-5-11-22-18)20(26)25-12-9-17(10-13-25)14-16-6-3-2-4-7-16/h2-8,11,15,17,22H,9-10,12-14H2,1H3. The van der Waals surface area contributed by atoms with Crippen LogP contribution in [0.3, 0.4) is 0 Å². The van der Waals surface area contributed by atoms with Gasteiger partial charge in [-0.15, -0.1) is 10.2 Å². The van der Waals surface area contributed by atoms with Gasteiger partial charge in [0, 0.05) is 19.3 Å². The van der Waals surface area contributed by atoms with Crippen LogP contribution in [-0.2, 0) is 11.2 Å². The number of aromatic amines is 1. The third kappa shape index (κ3) is 4.47. The molecule has 28 heavy (non-hydrogen) atoms. The van der Waals surface area contributed by atoms with Crippen LogP contribution in [0.2, 0.25) is 0 Å². The third-order valence-electron chi connectivity index (χ3n) is 5.15. The third-order valence-corrected chi connectivity index (χ3v) is 6.08. The first kappa shape index (κ1) is 18.8. The van der Waals surface area contributed by atoms with E-state index in [1.165, 1.54) is 17.3 Å². The van der Waals surface area contributed by atoms with Gasteiger partial charge in [-0.05, 0) is 49.8 Å². The van der Waals surface area contributed by atoms with Gasteiger partial charge in [0.2, 0.25) is 5.91 Å². The van der Waals surface area contributed by atoms with Gasteiger partial charge in [0.05, 0.1) is 5.25 Å². The van der Waals surface area contributed by atoms with Crippen LogP contribution >= 0.6 is 11.8 Å². The van der Waals surface area contributed by atoms with E-state index in [0.29, 0.717) is 17.0 Å². The van der Waals surface area contributed by atoms with Gasteiger partial charge in [-0.2, -0.15) is 0 Å². The minimum absolute atomic E-state index is 0.141. The first-order chi connectivity index (χ1) is 13.7. The molecule has 1 atom stereocenters. The molecule has 7 heteroatoms. The van der Waals surface area contributed by atoms with E-state index in [9.17, 15) is 4.79 Å². The fraction of sp³-hybridized carbons (Fsp3) is 0.381. The molecule has 1 amide bonds. The molecule has 0 radical (unpaired) electrons. The summed E-state index contributed by atoms with van der Waals surface area (Å²) < 4.78 is 5.66.